The second-order valence-corrected chi connectivity index (χ2v) is 4.08. The number of carbonyl (C=O) groups is 1. The number of pyridine rings is 1. The number of ketones is 1. The Hall–Kier alpha value is -1.42. The second kappa shape index (κ2) is 7.01. The van der Waals surface area contributed by atoms with Crippen LogP contribution in [0, 0.1) is 0 Å². The maximum Gasteiger partial charge on any atom is 0.138 e. The third kappa shape index (κ3) is 4.95. The van der Waals surface area contributed by atoms with E-state index in [4.69, 9.17) is 5.73 Å². The van der Waals surface area contributed by atoms with Gasteiger partial charge in [0.1, 0.15) is 11.6 Å². The number of nitrogens with zero attached hydrogens (tertiary/aromatic N) is 2. The molecule has 1 rings (SSSR count). The average Bonchev–Trinajstić information content (AvgIpc) is 2.30. The zero-order chi connectivity index (χ0) is 12.7. The topological polar surface area (TPSA) is 59.2 Å². The van der Waals surface area contributed by atoms with E-state index in [0.717, 1.165) is 25.2 Å². The molecule has 0 aliphatic carbocycles. The molecule has 1 heterocycles. The lowest BCUT2D eigenvalue weighted by Crippen LogP contribution is -2.26. The van der Waals surface area contributed by atoms with Gasteiger partial charge in [0.05, 0.1) is 0 Å². The molecule has 0 unspecified atom stereocenters. The van der Waals surface area contributed by atoms with Crippen LogP contribution in [0.2, 0.25) is 0 Å². The number of carbonyl (C=O) groups excluding carboxylic acids is 1. The Morgan fingerprint density at radius 1 is 1.41 bits per heavy atom. The van der Waals surface area contributed by atoms with Crippen LogP contribution in [0.3, 0.4) is 0 Å². The number of rotatable bonds is 7. The Bertz CT molecular complexity index is 361. The minimum Gasteiger partial charge on any atom is -0.384 e. The highest BCUT2D eigenvalue weighted by molar-refractivity contribution is 5.81. The van der Waals surface area contributed by atoms with Crippen molar-refractivity contribution in [1.29, 1.82) is 0 Å². The maximum atomic E-state index is 11.8. The minimum atomic E-state index is 0.252. The van der Waals surface area contributed by atoms with Crippen molar-refractivity contribution in [2.24, 2.45) is 0 Å². The van der Waals surface area contributed by atoms with E-state index in [0.29, 0.717) is 18.7 Å². The summed E-state index contributed by atoms with van der Waals surface area (Å²) < 4.78 is 0. The van der Waals surface area contributed by atoms with Crippen molar-refractivity contribution in [2.75, 3.05) is 25.4 Å². The third-order valence-electron chi connectivity index (χ3n) is 2.85. The molecule has 0 fully saturated rings. The molecule has 0 saturated heterocycles. The quantitative estimate of drug-likeness (QED) is 0.778. The van der Waals surface area contributed by atoms with Crippen molar-refractivity contribution in [3.8, 4) is 0 Å². The molecule has 2 N–H and O–H groups in total. The Morgan fingerprint density at radius 2 is 2.12 bits per heavy atom. The first-order valence-corrected chi connectivity index (χ1v) is 6.10. The van der Waals surface area contributed by atoms with Gasteiger partial charge >= 0.3 is 0 Å². The van der Waals surface area contributed by atoms with Gasteiger partial charge in [0.15, 0.2) is 0 Å². The van der Waals surface area contributed by atoms with Crippen molar-refractivity contribution in [2.45, 2.75) is 26.7 Å². The lowest BCUT2D eigenvalue weighted by atomic mass is 10.1. The molecule has 0 amide bonds. The van der Waals surface area contributed by atoms with E-state index in [2.05, 4.69) is 23.7 Å². The Balaban J connectivity index is 2.39. The van der Waals surface area contributed by atoms with Crippen molar-refractivity contribution < 1.29 is 4.79 Å². The van der Waals surface area contributed by atoms with Crippen LogP contribution in [-0.4, -0.2) is 35.3 Å². The van der Waals surface area contributed by atoms with Crippen LogP contribution >= 0.6 is 0 Å². The van der Waals surface area contributed by atoms with Crippen molar-refractivity contribution >= 4 is 11.6 Å². The van der Waals surface area contributed by atoms with Crippen LogP contribution in [0.25, 0.3) is 0 Å². The largest absolute Gasteiger partial charge is 0.384 e. The fraction of sp³-hybridized carbons (Fsp3) is 0.538. The molecule has 0 saturated carbocycles. The summed E-state index contributed by atoms with van der Waals surface area (Å²) in [5, 5.41) is 0. The van der Waals surface area contributed by atoms with Gasteiger partial charge in [-0.25, -0.2) is 4.98 Å². The minimum absolute atomic E-state index is 0.252. The SMILES string of the molecule is CCN(CC)CCC(=O)Cc1ccnc(N)c1. The lowest BCUT2D eigenvalue weighted by molar-refractivity contribution is -0.118. The molecular weight excluding hydrogens is 214 g/mol. The van der Waals surface area contributed by atoms with Gasteiger partial charge in [-0.1, -0.05) is 13.8 Å². The van der Waals surface area contributed by atoms with E-state index < -0.39 is 0 Å². The normalized spacial score (nSPS) is 10.8. The molecule has 0 aliphatic heterocycles. The van der Waals surface area contributed by atoms with Gasteiger partial charge < -0.3 is 10.6 Å². The Kier molecular flexibility index (Phi) is 5.63. The predicted molar refractivity (Wildman–Crippen MR) is 69.8 cm³/mol. The van der Waals surface area contributed by atoms with Gasteiger partial charge in [-0.15, -0.1) is 0 Å². The second-order valence-electron chi connectivity index (χ2n) is 4.08. The van der Waals surface area contributed by atoms with E-state index in [1.54, 1.807) is 12.3 Å². The fourth-order valence-corrected chi connectivity index (χ4v) is 1.74. The van der Waals surface area contributed by atoms with Gasteiger partial charge in [0, 0.05) is 25.6 Å². The number of anilines is 1. The summed E-state index contributed by atoms with van der Waals surface area (Å²) in [5.74, 6) is 0.724. The average molecular weight is 235 g/mol. The summed E-state index contributed by atoms with van der Waals surface area (Å²) in [7, 11) is 0. The van der Waals surface area contributed by atoms with Crippen molar-refractivity contribution in [3.63, 3.8) is 0 Å². The van der Waals surface area contributed by atoms with Crippen LogP contribution in [0.5, 0.6) is 0 Å². The fourth-order valence-electron chi connectivity index (χ4n) is 1.74. The molecule has 0 atom stereocenters. The number of nitrogen functional groups attached to an aromatic ring is 1. The standard InChI is InChI=1S/C13H21N3O/c1-3-16(4-2)8-6-12(17)9-11-5-7-15-13(14)10-11/h5,7,10H,3-4,6,8-9H2,1-2H3,(H2,14,15). The molecule has 4 heteroatoms. The highest BCUT2D eigenvalue weighted by Crippen LogP contribution is 2.05. The Morgan fingerprint density at radius 3 is 2.71 bits per heavy atom. The van der Waals surface area contributed by atoms with Gasteiger partial charge in [-0.05, 0) is 30.8 Å². The number of nitrogens with two attached hydrogens (primary N) is 1. The molecule has 17 heavy (non-hydrogen) atoms. The molecule has 0 spiro atoms. The first-order valence-electron chi connectivity index (χ1n) is 6.10. The first-order chi connectivity index (χ1) is 8.15. The molecular formula is C13H21N3O. The van der Waals surface area contributed by atoms with E-state index in [1.165, 1.54) is 0 Å². The summed E-state index contributed by atoms with van der Waals surface area (Å²) in [6.07, 6.45) is 2.69. The van der Waals surface area contributed by atoms with E-state index in [9.17, 15) is 4.79 Å². The summed E-state index contributed by atoms with van der Waals surface area (Å²) >= 11 is 0. The number of hydrogen-bond donors (Lipinski definition) is 1. The highest BCUT2D eigenvalue weighted by atomic mass is 16.1. The zero-order valence-corrected chi connectivity index (χ0v) is 10.6. The van der Waals surface area contributed by atoms with Crippen LogP contribution in [0.1, 0.15) is 25.8 Å². The molecule has 0 bridgehead atoms. The molecule has 1 aromatic heterocycles. The third-order valence-corrected chi connectivity index (χ3v) is 2.85. The van der Waals surface area contributed by atoms with Crippen molar-refractivity contribution in [1.82, 2.24) is 9.88 Å². The van der Waals surface area contributed by atoms with E-state index >= 15 is 0 Å². The molecule has 94 valence electrons. The summed E-state index contributed by atoms with van der Waals surface area (Å²) in [5.41, 5.74) is 6.52. The maximum absolute atomic E-state index is 11.8. The van der Waals surface area contributed by atoms with Gasteiger partial charge in [0.25, 0.3) is 0 Å². The van der Waals surface area contributed by atoms with Gasteiger partial charge in [0.2, 0.25) is 0 Å². The first kappa shape index (κ1) is 13.6. The van der Waals surface area contributed by atoms with Gasteiger partial charge in [-0.2, -0.15) is 0 Å². The molecule has 0 aliphatic rings. The smallest absolute Gasteiger partial charge is 0.138 e. The van der Waals surface area contributed by atoms with Crippen LogP contribution in [-0.2, 0) is 11.2 Å². The van der Waals surface area contributed by atoms with E-state index in [-0.39, 0.29) is 5.78 Å². The molecule has 4 nitrogen and oxygen atoms in total. The van der Waals surface area contributed by atoms with E-state index in [1.807, 2.05) is 6.07 Å². The zero-order valence-electron chi connectivity index (χ0n) is 10.6. The lowest BCUT2D eigenvalue weighted by Gasteiger charge is -2.16. The summed E-state index contributed by atoms with van der Waals surface area (Å²) in [4.78, 5) is 17.9. The van der Waals surface area contributed by atoms with Crippen molar-refractivity contribution in [3.05, 3.63) is 23.9 Å². The molecule has 1 aromatic rings. The number of hydrogen-bond acceptors (Lipinski definition) is 4. The molecule has 0 aromatic carbocycles. The number of aromatic nitrogens is 1. The predicted octanol–water partition coefficient (Wildman–Crippen LogP) is 1.51. The monoisotopic (exact) mass is 235 g/mol. The summed E-state index contributed by atoms with van der Waals surface area (Å²) in [6.45, 7) is 7.04. The number of Topliss-reactive ketones (excluding diaryl/α,β-unsaturated/α-hetero) is 1. The van der Waals surface area contributed by atoms with Crippen LogP contribution in [0.15, 0.2) is 18.3 Å². The summed E-state index contributed by atoms with van der Waals surface area (Å²) in [6, 6.07) is 3.60. The van der Waals surface area contributed by atoms with Crippen LogP contribution < -0.4 is 5.73 Å². The van der Waals surface area contributed by atoms with Crippen LogP contribution in [0.4, 0.5) is 5.82 Å². The Labute approximate surface area is 103 Å². The highest BCUT2D eigenvalue weighted by Gasteiger charge is 2.06. The molecule has 0 radical (unpaired) electrons. The van der Waals surface area contributed by atoms with Gasteiger partial charge in [-0.3, -0.25) is 4.79 Å².